The maximum Gasteiger partial charge on any atom is 0.259 e. The van der Waals surface area contributed by atoms with Gasteiger partial charge < -0.3 is 20.3 Å². The normalized spacial score (nSPS) is 9.52. The van der Waals surface area contributed by atoms with Crippen LogP contribution in [0.2, 0.25) is 0 Å². The molecule has 0 atom stereocenters. The summed E-state index contributed by atoms with van der Waals surface area (Å²) in [6, 6.07) is 5.42. The fourth-order valence-corrected chi connectivity index (χ4v) is 1.48. The number of aryl methyl sites for hydroxylation is 1. The van der Waals surface area contributed by atoms with Crippen LogP contribution in [0.5, 0.6) is 5.75 Å². The van der Waals surface area contributed by atoms with Crippen molar-refractivity contribution in [1.82, 2.24) is 10.2 Å². The zero-order chi connectivity index (χ0) is 15.1. The molecule has 1 aromatic carbocycles. The molecule has 0 aliphatic heterocycles. The van der Waals surface area contributed by atoms with Gasteiger partial charge in [0, 0.05) is 14.1 Å². The molecule has 0 aromatic heterocycles. The van der Waals surface area contributed by atoms with Crippen LogP contribution in [0, 0.1) is 6.92 Å². The van der Waals surface area contributed by atoms with Gasteiger partial charge in [-0.05, 0) is 31.7 Å². The number of benzene rings is 1. The van der Waals surface area contributed by atoms with E-state index in [1.807, 2.05) is 13.0 Å². The van der Waals surface area contributed by atoms with E-state index in [9.17, 15) is 9.59 Å². The maximum absolute atomic E-state index is 11.6. The number of carbonyl (C=O) groups excluding carboxylic acids is 2. The molecule has 0 spiro atoms. The van der Waals surface area contributed by atoms with Crippen LogP contribution in [0.3, 0.4) is 0 Å². The van der Waals surface area contributed by atoms with Gasteiger partial charge in [0.25, 0.3) is 5.91 Å². The lowest BCUT2D eigenvalue weighted by molar-refractivity contribution is -0.130. The first-order chi connectivity index (χ1) is 9.43. The number of nitrogens with one attached hydrogen (secondary N) is 2. The van der Waals surface area contributed by atoms with E-state index < -0.39 is 0 Å². The van der Waals surface area contributed by atoms with Crippen molar-refractivity contribution in [2.75, 3.05) is 39.6 Å². The molecule has 6 nitrogen and oxygen atoms in total. The van der Waals surface area contributed by atoms with Crippen LogP contribution in [0.1, 0.15) is 5.56 Å². The zero-order valence-corrected chi connectivity index (χ0v) is 13.5. The highest BCUT2D eigenvalue weighted by Crippen LogP contribution is 2.25. The molecule has 7 heteroatoms. The Labute approximate surface area is 131 Å². The van der Waals surface area contributed by atoms with Crippen molar-refractivity contribution in [1.29, 1.82) is 0 Å². The molecule has 0 heterocycles. The summed E-state index contributed by atoms with van der Waals surface area (Å²) in [4.78, 5) is 24.6. The summed E-state index contributed by atoms with van der Waals surface area (Å²) >= 11 is 0. The molecule has 0 unspecified atom stereocenters. The molecule has 0 aliphatic carbocycles. The van der Waals surface area contributed by atoms with E-state index in [-0.39, 0.29) is 37.4 Å². The summed E-state index contributed by atoms with van der Waals surface area (Å²) in [5.41, 5.74) is 1.55. The van der Waals surface area contributed by atoms with Crippen molar-refractivity contribution in [3.63, 3.8) is 0 Å². The maximum atomic E-state index is 11.6. The molecule has 0 saturated carbocycles. The van der Waals surface area contributed by atoms with Gasteiger partial charge in [-0.25, -0.2) is 0 Å². The van der Waals surface area contributed by atoms with Gasteiger partial charge in [-0.2, -0.15) is 0 Å². The van der Waals surface area contributed by atoms with Crippen LogP contribution in [-0.2, 0) is 9.59 Å². The summed E-state index contributed by atoms with van der Waals surface area (Å²) in [6.07, 6.45) is 0. The highest BCUT2D eigenvalue weighted by Gasteiger charge is 2.10. The number of ether oxygens (including phenoxy) is 1. The number of amides is 2. The fourth-order valence-electron chi connectivity index (χ4n) is 1.48. The predicted molar refractivity (Wildman–Crippen MR) is 85.2 cm³/mol. The Bertz CT molecular complexity index is 492. The first-order valence-corrected chi connectivity index (χ1v) is 6.32. The van der Waals surface area contributed by atoms with Gasteiger partial charge in [0.05, 0.1) is 12.2 Å². The molecule has 0 radical (unpaired) electrons. The number of hydrogen-bond donors (Lipinski definition) is 2. The minimum absolute atomic E-state index is 0. The number of carbonyl (C=O) groups is 2. The van der Waals surface area contributed by atoms with E-state index in [1.54, 1.807) is 33.3 Å². The number of anilines is 1. The molecule has 0 bridgehead atoms. The van der Waals surface area contributed by atoms with Crippen LogP contribution in [0.4, 0.5) is 5.69 Å². The van der Waals surface area contributed by atoms with Crippen molar-refractivity contribution in [3.8, 4) is 5.75 Å². The first-order valence-electron chi connectivity index (χ1n) is 6.32. The van der Waals surface area contributed by atoms with Crippen LogP contribution >= 0.6 is 12.4 Å². The van der Waals surface area contributed by atoms with E-state index in [0.717, 1.165) is 5.56 Å². The average Bonchev–Trinajstić information content (AvgIpc) is 2.38. The number of likely N-dealkylation sites (N-methyl/N-ethyl adjacent to an activating group) is 2. The molecule has 2 amide bonds. The smallest absolute Gasteiger partial charge is 0.259 e. The molecule has 21 heavy (non-hydrogen) atoms. The van der Waals surface area contributed by atoms with Crippen molar-refractivity contribution in [2.24, 2.45) is 0 Å². The van der Waals surface area contributed by atoms with Gasteiger partial charge in [0.2, 0.25) is 5.91 Å². The summed E-state index contributed by atoms with van der Waals surface area (Å²) in [6.45, 7) is 2.06. The molecule has 2 N–H and O–H groups in total. The lowest BCUT2D eigenvalue weighted by Crippen LogP contribution is -2.28. The second kappa shape index (κ2) is 9.20. The van der Waals surface area contributed by atoms with Gasteiger partial charge >= 0.3 is 0 Å². The van der Waals surface area contributed by atoms with Crippen molar-refractivity contribution < 1.29 is 14.3 Å². The number of halogens is 1. The largest absolute Gasteiger partial charge is 0.482 e. The van der Waals surface area contributed by atoms with Crippen molar-refractivity contribution in [2.45, 2.75) is 6.92 Å². The molecule has 118 valence electrons. The monoisotopic (exact) mass is 315 g/mol. The first kappa shape index (κ1) is 19.2. The summed E-state index contributed by atoms with van der Waals surface area (Å²) in [7, 11) is 5.02. The SMILES string of the molecule is CNCC(=O)Nc1ccc(C)cc1OCC(=O)N(C)C.Cl. The number of hydrogen-bond acceptors (Lipinski definition) is 4. The minimum Gasteiger partial charge on any atom is -0.482 e. The standard InChI is InChI=1S/C14H21N3O3.ClH/c1-10-5-6-11(16-13(18)8-15-2)12(7-10)20-9-14(19)17(3)4;/h5-7,15H,8-9H2,1-4H3,(H,16,18);1H. The predicted octanol–water partition coefficient (Wildman–Crippen LogP) is 1.04. The second-order valence-corrected chi connectivity index (χ2v) is 4.65. The average molecular weight is 316 g/mol. The Morgan fingerprint density at radius 3 is 2.52 bits per heavy atom. The Hall–Kier alpha value is -1.79. The third kappa shape index (κ3) is 6.46. The van der Waals surface area contributed by atoms with Crippen LogP contribution in [0.15, 0.2) is 18.2 Å². The Morgan fingerprint density at radius 2 is 1.95 bits per heavy atom. The summed E-state index contributed by atoms with van der Waals surface area (Å²) < 4.78 is 5.49. The van der Waals surface area contributed by atoms with Crippen LogP contribution in [0.25, 0.3) is 0 Å². The van der Waals surface area contributed by atoms with Crippen LogP contribution < -0.4 is 15.4 Å². The third-order valence-corrected chi connectivity index (χ3v) is 2.60. The second-order valence-electron chi connectivity index (χ2n) is 4.65. The van der Waals surface area contributed by atoms with E-state index in [0.29, 0.717) is 11.4 Å². The van der Waals surface area contributed by atoms with Gasteiger partial charge in [0.1, 0.15) is 5.75 Å². The zero-order valence-electron chi connectivity index (χ0n) is 12.7. The number of rotatable bonds is 6. The van der Waals surface area contributed by atoms with E-state index in [2.05, 4.69) is 10.6 Å². The van der Waals surface area contributed by atoms with Gasteiger partial charge in [-0.3, -0.25) is 9.59 Å². The van der Waals surface area contributed by atoms with E-state index >= 15 is 0 Å². The molecule has 0 aliphatic rings. The van der Waals surface area contributed by atoms with Gasteiger partial charge in [-0.1, -0.05) is 6.07 Å². The van der Waals surface area contributed by atoms with Crippen molar-refractivity contribution in [3.05, 3.63) is 23.8 Å². The Kier molecular flexibility index (Phi) is 8.42. The van der Waals surface area contributed by atoms with E-state index in [4.69, 9.17) is 4.74 Å². The Morgan fingerprint density at radius 1 is 1.29 bits per heavy atom. The quantitative estimate of drug-likeness (QED) is 0.823. The van der Waals surface area contributed by atoms with Gasteiger partial charge in [0.15, 0.2) is 6.61 Å². The lowest BCUT2D eigenvalue weighted by Gasteiger charge is -2.15. The Balaban J connectivity index is 0.00000400. The summed E-state index contributed by atoms with van der Waals surface area (Å²) in [5, 5.41) is 5.51. The molecule has 0 fully saturated rings. The number of nitrogens with zero attached hydrogens (tertiary/aromatic N) is 1. The highest BCUT2D eigenvalue weighted by molar-refractivity contribution is 5.93. The third-order valence-electron chi connectivity index (χ3n) is 2.60. The van der Waals surface area contributed by atoms with Gasteiger partial charge in [-0.15, -0.1) is 12.4 Å². The lowest BCUT2D eigenvalue weighted by atomic mass is 10.2. The van der Waals surface area contributed by atoms with Crippen molar-refractivity contribution >= 4 is 29.9 Å². The van der Waals surface area contributed by atoms with E-state index in [1.165, 1.54) is 4.90 Å². The molecular weight excluding hydrogens is 294 g/mol. The molecule has 1 rings (SSSR count). The highest BCUT2D eigenvalue weighted by atomic mass is 35.5. The van der Waals surface area contributed by atoms with Crippen LogP contribution in [-0.4, -0.2) is 51.0 Å². The minimum atomic E-state index is -0.167. The fraction of sp³-hybridized carbons (Fsp3) is 0.429. The molecule has 1 aromatic rings. The molecule has 0 saturated heterocycles. The topological polar surface area (TPSA) is 70.7 Å². The summed E-state index contributed by atoms with van der Waals surface area (Å²) in [5.74, 6) is 0.184. The molecular formula is C14H22ClN3O3.